The molecule has 10 heteroatoms. The summed E-state index contributed by atoms with van der Waals surface area (Å²) in [6.07, 6.45) is -4.69. The van der Waals surface area contributed by atoms with Crippen LogP contribution in [0, 0.1) is 5.82 Å². The van der Waals surface area contributed by atoms with Gasteiger partial charge in [0.1, 0.15) is 5.82 Å². The van der Waals surface area contributed by atoms with Crippen LogP contribution in [0.1, 0.15) is 24.1 Å². The van der Waals surface area contributed by atoms with E-state index in [-0.39, 0.29) is 21.9 Å². The molecule has 1 heterocycles. The Hall–Kier alpha value is -3.07. The summed E-state index contributed by atoms with van der Waals surface area (Å²) in [6, 6.07) is 6.25. The van der Waals surface area contributed by atoms with Crippen molar-refractivity contribution in [2.24, 2.45) is 0 Å². The number of anilines is 1. The number of halogens is 5. The standard InChI is InChI=1S/C19H14ClF4N3O2/c1-9-14(17(28)26-13-8-3-2-5-10(13)19(22,23)24)16(27-18(29)25-9)15-11(20)6-4-7-12(15)21/h2-8,16H,1H3,(H,26,28)(H2,25,27,29)/t16-/m1/s1. The number of carbonyl (C=O) groups is 2. The summed E-state index contributed by atoms with van der Waals surface area (Å²) in [7, 11) is 0. The van der Waals surface area contributed by atoms with Gasteiger partial charge in [0, 0.05) is 16.3 Å². The molecule has 0 saturated heterocycles. The quantitative estimate of drug-likeness (QED) is 0.618. The van der Waals surface area contributed by atoms with Crippen LogP contribution in [0.5, 0.6) is 0 Å². The summed E-state index contributed by atoms with van der Waals surface area (Å²) >= 11 is 6.06. The summed E-state index contributed by atoms with van der Waals surface area (Å²) in [6.45, 7) is 1.38. The second-order valence-electron chi connectivity index (χ2n) is 6.20. The fourth-order valence-corrected chi connectivity index (χ4v) is 3.30. The molecule has 29 heavy (non-hydrogen) atoms. The zero-order chi connectivity index (χ0) is 21.3. The van der Waals surface area contributed by atoms with Crippen LogP contribution in [0.2, 0.25) is 5.02 Å². The molecule has 0 aliphatic carbocycles. The molecule has 3 amide bonds. The molecular weight excluding hydrogens is 414 g/mol. The van der Waals surface area contributed by atoms with E-state index < -0.39 is 41.2 Å². The average Bonchev–Trinajstić information content (AvgIpc) is 2.60. The van der Waals surface area contributed by atoms with E-state index in [1.165, 1.54) is 31.2 Å². The molecule has 0 radical (unpaired) electrons. The summed E-state index contributed by atoms with van der Waals surface area (Å²) in [5.74, 6) is -1.73. The Morgan fingerprint density at radius 3 is 2.48 bits per heavy atom. The van der Waals surface area contributed by atoms with Gasteiger partial charge in [-0.15, -0.1) is 0 Å². The predicted octanol–water partition coefficient (Wildman–Crippen LogP) is 4.76. The molecule has 3 N–H and O–H groups in total. The number of carbonyl (C=O) groups excluding carboxylic acids is 2. The zero-order valence-electron chi connectivity index (χ0n) is 14.8. The monoisotopic (exact) mass is 427 g/mol. The van der Waals surface area contributed by atoms with Crippen LogP contribution in [-0.4, -0.2) is 11.9 Å². The Morgan fingerprint density at radius 1 is 1.14 bits per heavy atom. The predicted molar refractivity (Wildman–Crippen MR) is 98.6 cm³/mol. The van der Waals surface area contributed by atoms with E-state index in [2.05, 4.69) is 16.0 Å². The van der Waals surface area contributed by atoms with Crippen molar-refractivity contribution in [3.05, 3.63) is 75.7 Å². The fraction of sp³-hybridized carbons (Fsp3) is 0.158. The van der Waals surface area contributed by atoms with Crippen LogP contribution in [0.15, 0.2) is 53.7 Å². The molecule has 152 valence electrons. The number of urea groups is 1. The normalized spacial score (nSPS) is 16.9. The first-order valence-corrected chi connectivity index (χ1v) is 8.67. The highest BCUT2D eigenvalue weighted by Gasteiger charge is 2.37. The maximum Gasteiger partial charge on any atom is 0.418 e. The number of hydrogen-bond donors (Lipinski definition) is 3. The fourth-order valence-electron chi connectivity index (χ4n) is 3.03. The Balaban J connectivity index is 2.04. The van der Waals surface area contributed by atoms with Gasteiger partial charge in [0.15, 0.2) is 0 Å². The number of alkyl halides is 3. The van der Waals surface area contributed by atoms with Crippen LogP contribution in [0.25, 0.3) is 0 Å². The molecule has 2 aromatic carbocycles. The lowest BCUT2D eigenvalue weighted by Gasteiger charge is -2.29. The van der Waals surface area contributed by atoms with E-state index in [0.29, 0.717) is 0 Å². The SMILES string of the molecule is CC1=C(C(=O)Nc2ccccc2C(F)(F)F)[C@H](c2c(F)cccc2Cl)NC(=O)N1. The lowest BCUT2D eigenvalue weighted by atomic mass is 9.94. The second-order valence-corrected chi connectivity index (χ2v) is 6.61. The molecule has 0 unspecified atom stereocenters. The molecule has 1 aliphatic rings. The Morgan fingerprint density at radius 2 is 1.83 bits per heavy atom. The first-order chi connectivity index (χ1) is 13.6. The van der Waals surface area contributed by atoms with E-state index in [4.69, 9.17) is 11.6 Å². The van der Waals surface area contributed by atoms with Crippen molar-refractivity contribution in [1.82, 2.24) is 10.6 Å². The third-order valence-electron chi connectivity index (χ3n) is 4.28. The summed E-state index contributed by atoms with van der Waals surface area (Å²) in [4.78, 5) is 24.8. The maximum absolute atomic E-state index is 14.4. The van der Waals surface area contributed by atoms with Crippen LogP contribution >= 0.6 is 11.6 Å². The molecule has 0 spiro atoms. The first-order valence-electron chi connectivity index (χ1n) is 8.29. The highest BCUT2D eigenvalue weighted by molar-refractivity contribution is 6.31. The van der Waals surface area contributed by atoms with Gasteiger partial charge in [-0.05, 0) is 31.2 Å². The van der Waals surface area contributed by atoms with Crippen molar-refractivity contribution in [3.8, 4) is 0 Å². The zero-order valence-corrected chi connectivity index (χ0v) is 15.6. The molecule has 0 bridgehead atoms. The molecule has 2 aromatic rings. The Kier molecular flexibility index (Phi) is 5.52. The molecule has 5 nitrogen and oxygen atoms in total. The molecule has 0 aromatic heterocycles. The van der Waals surface area contributed by atoms with E-state index in [1.807, 2.05) is 0 Å². The van der Waals surface area contributed by atoms with Crippen LogP contribution in [0.3, 0.4) is 0 Å². The largest absolute Gasteiger partial charge is 0.418 e. The van der Waals surface area contributed by atoms with Crippen molar-refractivity contribution >= 4 is 29.2 Å². The van der Waals surface area contributed by atoms with Gasteiger partial charge in [0.25, 0.3) is 5.91 Å². The lowest BCUT2D eigenvalue weighted by Crippen LogP contribution is -2.46. The minimum Gasteiger partial charge on any atom is -0.327 e. The molecule has 1 aliphatic heterocycles. The minimum atomic E-state index is -4.69. The Labute approximate surface area is 167 Å². The lowest BCUT2D eigenvalue weighted by molar-refractivity contribution is -0.137. The highest BCUT2D eigenvalue weighted by atomic mass is 35.5. The molecule has 1 atom stereocenters. The van der Waals surface area contributed by atoms with E-state index in [0.717, 1.165) is 18.2 Å². The maximum atomic E-state index is 14.4. The van der Waals surface area contributed by atoms with Gasteiger partial charge in [-0.2, -0.15) is 13.2 Å². The highest BCUT2D eigenvalue weighted by Crippen LogP contribution is 2.37. The summed E-state index contributed by atoms with van der Waals surface area (Å²) < 4.78 is 54.1. The smallest absolute Gasteiger partial charge is 0.327 e. The molecule has 0 fully saturated rings. The van der Waals surface area contributed by atoms with E-state index in [9.17, 15) is 27.2 Å². The van der Waals surface area contributed by atoms with Crippen molar-refractivity contribution in [3.63, 3.8) is 0 Å². The van der Waals surface area contributed by atoms with Gasteiger partial charge in [-0.1, -0.05) is 29.8 Å². The van der Waals surface area contributed by atoms with Gasteiger partial charge in [-0.25, -0.2) is 9.18 Å². The number of nitrogens with one attached hydrogen (secondary N) is 3. The summed E-state index contributed by atoms with van der Waals surface area (Å²) in [5.41, 5.74) is -1.80. The van der Waals surface area contributed by atoms with Crippen molar-refractivity contribution in [2.45, 2.75) is 19.1 Å². The first kappa shape index (κ1) is 20.7. The van der Waals surface area contributed by atoms with Gasteiger partial charge in [-0.3, -0.25) is 4.79 Å². The number of hydrogen-bond acceptors (Lipinski definition) is 2. The van der Waals surface area contributed by atoms with Gasteiger partial charge in [0.2, 0.25) is 0 Å². The van der Waals surface area contributed by atoms with Gasteiger partial charge in [0.05, 0.1) is 22.9 Å². The van der Waals surface area contributed by atoms with Crippen LogP contribution in [-0.2, 0) is 11.0 Å². The third-order valence-corrected chi connectivity index (χ3v) is 4.61. The van der Waals surface area contributed by atoms with Gasteiger partial charge < -0.3 is 16.0 Å². The van der Waals surface area contributed by atoms with Crippen LogP contribution in [0.4, 0.5) is 28.0 Å². The third kappa shape index (κ3) is 4.19. The topological polar surface area (TPSA) is 70.2 Å². The minimum absolute atomic E-state index is 0.0500. The molecular formula is C19H14ClF4N3O2. The van der Waals surface area contributed by atoms with Crippen LogP contribution < -0.4 is 16.0 Å². The number of allylic oxidation sites excluding steroid dienone is 1. The van der Waals surface area contributed by atoms with E-state index >= 15 is 0 Å². The Bertz CT molecular complexity index is 1000. The average molecular weight is 428 g/mol. The van der Waals surface area contributed by atoms with Gasteiger partial charge >= 0.3 is 12.2 Å². The number of benzene rings is 2. The summed E-state index contributed by atoms with van der Waals surface area (Å²) in [5, 5.41) is 6.90. The second kappa shape index (κ2) is 7.75. The van der Waals surface area contributed by atoms with E-state index in [1.54, 1.807) is 0 Å². The number of amides is 3. The van der Waals surface area contributed by atoms with Crippen molar-refractivity contribution < 1.29 is 27.2 Å². The number of rotatable bonds is 3. The molecule has 0 saturated carbocycles. The molecule has 3 rings (SSSR count). The van der Waals surface area contributed by atoms with Crippen molar-refractivity contribution in [1.29, 1.82) is 0 Å². The van der Waals surface area contributed by atoms with Crippen molar-refractivity contribution in [2.75, 3.05) is 5.32 Å². The number of para-hydroxylation sites is 1.